The van der Waals surface area contributed by atoms with Crippen LogP contribution < -0.4 is 0 Å². The Morgan fingerprint density at radius 2 is 1.82 bits per heavy atom. The third kappa shape index (κ3) is 3.02. The van der Waals surface area contributed by atoms with Crippen LogP contribution in [-0.2, 0) is 11.3 Å². The number of carbonyl (C=O) groups is 1. The lowest BCUT2D eigenvalue weighted by atomic mass is 10.0. The maximum atomic E-state index is 13.7. The van der Waals surface area contributed by atoms with Crippen LogP contribution in [0.25, 0.3) is 0 Å². The van der Waals surface area contributed by atoms with E-state index in [-0.39, 0.29) is 18.3 Å². The minimum atomic E-state index is -0.338. The number of hydrogen-bond acceptors (Lipinski definition) is 2. The van der Waals surface area contributed by atoms with Gasteiger partial charge in [-0.25, -0.2) is 9.40 Å². The molecule has 0 saturated heterocycles. The third-order valence-corrected chi connectivity index (χ3v) is 3.90. The first-order valence-corrected chi connectivity index (χ1v) is 7.39. The molecule has 1 aliphatic rings. The van der Waals surface area contributed by atoms with Gasteiger partial charge in [0.2, 0.25) is 5.91 Å². The number of benzene rings is 2. The predicted molar refractivity (Wildman–Crippen MR) is 84.2 cm³/mol. The molecule has 0 saturated carbocycles. The van der Waals surface area contributed by atoms with Gasteiger partial charge in [0, 0.05) is 29.0 Å². The molecule has 5 heteroatoms. The van der Waals surface area contributed by atoms with Gasteiger partial charge in [-0.2, -0.15) is 5.10 Å². The Morgan fingerprint density at radius 3 is 2.59 bits per heavy atom. The number of hydrogen-bond donors (Lipinski definition) is 0. The van der Waals surface area contributed by atoms with Gasteiger partial charge in [0.25, 0.3) is 0 Å². The Hall–Kier alpha value is -2.20. The first kappa shape index (κ1) is 14.7. The van der Waals surface area contributed by atoms with Crippen molar-refractivity contribution in [2.45, 2.75) is 19.4 Å². The van der Waals surface area contributed by atoms with Crippen LogP contribution in [-0.4, -0.2) is 16.6 Å². The lowest BCUT2D eigenvalue weighted by Crippen LogP contribution is -2.31. The highest BCUT2D eigenvalue weighted by atomic mass is 35.5. The second-order valence-corrected chi connectivity index (χ2v) is 5.48. The van der Waals surface area contributed by atoms with E-state index >= 15 is 0 Å². The molecule has 2 aromatic rings. The van der Waals surface area contributed by atoms with Crippen LogP contribution in [0.3, 0.4) is 0 Å². The highest BCUT2D eigenvalue weighted by molar-refractivity contribution is 6.34. The normalized spacial score (nSPS) is 14.9. The van der Waals surface area contributed by atoms with E-state index in [0.29, 0.717) is 23.4 Å². The average Bonchev–Trinajstić information content (AvgIpc) is 2.52. The molecule has 1 amide bonds. The lowest BCUT2D eigenvalue weighted by Gasteiger charge is -2.24. The fourth-order valence-electron chi connectivity index (χ4n) is 2.40. The van der Waals surface area contributed by atoms with Crippen LogP contribution in [0, 0.1) is 5.82 Å². The summed E-state index contributed by atoms with van der Waals surface area (Å²) in [7, 11) is 0. The molecule has 0 N–H and O–H groups in total. The molecule has 22 heavy (non-hydrogen) atoms. The van der Waals surface area contributed by atoms with E-state index in [9.17, 15) is 9.18 Å². The maximum Gasteiger partial charge on any atom is 0.243 e. The summed E-state index contributed by atoms with van der Waals surface area (Å²) in [5, 5.41) is 6.30. The average molecular weight is 317 g/mol. The van der Waals surface area contributed by atoms with Gasteiger partial charge < -0.3 is 0 Å². The van der Waals surface area contributed by atoms with Crippen LogP contribution in [0.4, 0.5) is 4.39 Å². The SMILES string of the molecule is O=C1CCC(c2ccccc2Cl)=NN1Cc1ccccc1F. The largest absolute Gasteiger partial charge is 0.273 e. The molecule has 3 nitrogen and oxygen atoms in total. The van der Waals surface area contributed by atoms with Crippen LogP contribution >= 0.6 is 11.6 Å². The van der Waals surface area contributed by atoms with E-state index in [1.165, 1.54) is 11.1 Å². The summed E-state index contributed by atoms with van der Waals surface area (Å²) in [5.41, 5.74) is 2.01. The Balaban J connectivity index is 1.90. The minimum absolute atomic E-state index is 0.112. The molecular formula is C17H14ClFN2O. The van der Waals surface area contributed by atoms with Crippen molar-refractivity contribution >= 4 is 23.2 Å². The molecule has 0 fully saturated rings. The first-order chi connectivity index (χ1) is 10.6. The van der Waals surface area contributed by atoms with Crippen LogP contribution in [0.1, 0.15) is 24.0 Å². The molecule has 1 aliphatic heterocycles. The second kappa shape index (κ2) is 6.28. The molecule has 0 radical (unpaired) electrons. The molecular weight excluding hydrogens is 303 g/mol. The molecule has 0 unspecified atom stereocenters. The Labute approximate surface area is 133 Å². The molecule has 0 aromatic heterocycles. The van der Waals surface area contributed by atoms with Crippen LogP contribution in [0.5, 0.6) is 0 Å². The summed E-state index contributed by atoms with van der Waals surface area (Å²) in [6, 6.07) is 13.8. The summed E-state index contributed by atoms with van der Waals surface area (Å²) in [5.74, 6) is -0.450. The van der Waals surface area contributed by atoms with Crippen molar-refractivity contribution in [1.82, 2.24) is 5.01 Å². The van der Waals surface area contributed by atoms with Crippen molar-refractivity contribution in [3.8, 4) is 0 Å². The Bertz CT molecular complexity index is 745. The molecule has 3 rings (SSSR count). The summed E-state index contributed by atoms with van der Waals surface area (Å²) in [6.45, 7) is 0.124. The fraction of sp³-hybridized carbons (Fsp3) is 0.176. The van der Waals surface area contributed by atoms with Gasteiger partial charge in [-0.3, -0.25) is 4.79 Å². The second-order valence-electron chi connectivity index (χ2n) is 5.07. The molecule has 112 valence electrons. The smallest absolute Gasteiger partial charge is 0.243 e. The zero-order chi connectivity index (χ0) is 15.5. The van der Waals surface area contributed by atoms with Gasteiger partial charge in [-0.05, 0) is 12.1 Å². The van der Waals surface area contributed by atoms with Crippen LogP contribution in [0.2, 0.25) is 5.02 Å². The number of hydrazone groups is 1. The molecule has 0 spiro atoms. The van der Waals surface area contributed by atoms with Gasteiger partial charge in [-0.15, -0.1) is 0 Å². The standard InChI is InChI=1S/C17H14ClFN2O/c18-14-7-3-2-6-13(14)16-9-10-17(22)21(20-16)11-12-5-1-4-8-15(12)19/h1-8H,9-11H2. The molecule has 0 aliphatic carbocycles. The fourth-order valence-corrected chi connectivity index (χ4v) is 2.65. The summed E-state index contributed by atoms with van der Waals surface area (Å²) in [4.78, 5) is 12.0. The number of nitrogens with zero attached hydrogens (tertiary/aromatic N) is 2. The summed E-state index contributed by atoms with van der Waals surface area (Å²) >= 11 is 6.18. The van der Waals surface area contributed by atoms with Gasteiger partial charge in [0.15, 0.2) is 0 Å². The van der Waals surface area contributed by atoms with E-state index < -0.39 is 0 Å². The molecule has 2 aromatic carbocycles. The molecule has 0 bridgehead atoms. The first-order valence-electron chi connectivity index (χ1n) is 7.01. The topological polar surface area (TPSA) is 32.7 Å². The lowest BCUT2D eigenvalue weighted by molar-refractivity contribution is -0.132. The third-order valence-electron chi connectivity index (χ3n) is 3.57. The number of halogens is 2. The van der Waals surface area contributed by atoms with Crippen molar-refractivity contribution < 1.29 is 9.18 Å². The van der Waals surface area contributed by atoms with Gasteiger partial charge in [-0.1, -0.05) is 48.0 Å². The quantitative estimate of drug-likeness (QED) is 0.842. The van der Waals surface area contributed by atoms with Crippen LogP contribution in [0.15, 0.2) is 53.6 Å². The van der Waals surface area contributed by atoms with E-state index in [4.69, 9.17) is 11.6 Å². The Kier molecular flexibility index (Phi) is 4.20. The molecule has 0 atom stereocenters. The van der Waals surface area contributed by atoms with Crippen molar-refractivity contribution in [2.75, 3.05) is 0 Å². The van der Waals surface area contributed by atoms with E-state index in [1.54, 1.807) is 24.3 Å². The van der Waals surface area contributed by atoms with Gasteiger partial charge in [0.05, 0.1) is 12.3 Å². The highest BCUT2D eigenvalue weighted by Gasteiger charge is 2.23. The number of carbonyl (C=O) groups excluding carboxylic acids is 1. The Morgan fingerprint density at radius 1 is 1.09 bits per heavy atom. The molecule has 1 heterocycles. The van der Waals surface area contributed by atoms with Crippen molar-refractivity contribution in [3.05, 3.63) is 70.5 Å². The van der Waals surface area contributed by atoms with E-state index in [2.05, 4.69) is 5.10 Å². The maximum absolute atomic E-state index is 13.7. The van der Waals surface area contributed by atoms with Crippen molar-refractivity contribution in [3.63, 3.8) is 0 Å². The zero-order valence-electron chi connectivity index (χ0n) is 11.8. The van der Waals surface area contributed by atoms with Gasteiger partial charge in [0.1, 0.15) is 5.82 Å². The zero-order valence-corrected chi connectivity index (χ0v) is 12.6. The monoisotopic (exact) mass is 316 g/mol. The van der Waals surface area contributed by atoms with Crippen molar-refractivity contribution in [2.24, 2.45) is 5.10 Å². The minimum Gasteiger partial charge on any atom is -0.273 e. The number of amides is 1. The van der Waals surface area contributed by atoms with E-state index in [1.807, 2.05) is 18.2 Å². The van der Waals surface area contributed by atoms with Gasteiger partial charge >= 0.3 is 0 Å². The highest BCUT2D eigenvalue weighted by Crippen LogP contribution is 2.23. The summed E-state index contributed by atoms with van der Waals surface area (Å²) < 4.78 is 13.7. The number of rotatable bonds is 3. The summed E-state index contributed by atoms with van der Waals surface area (Å²) in [6.07, 6.45) is 0.884. The van der Waals surface area contributed by atoms with E-state index in [0.717, 1.165) is 11.3 Å². The van der Waals surface area contributed by atoms with Crippen molar-refractivity contribution in [1.29, 1.82) is 0 Å². The predicted octanol–water partition coefficient (Wildman–Crippen LogP) is 4.01.